The number of hydrazone groups is 1. The summed E-state index contributed by atoms with van der Waals surface area (Å²) in [6.45, 7) is 3.16. The molecule has 1 saturated heterocycles. The van der Waals surface area contributed by atoms with Crippen molar-refractivity contribution < 1.29 is 9.59 Å². The number of hydrogen-bond acceptors (Lipinski definition) is 4. The van der Waals surface area contributed by atoms with Crippen LogP contribution in [0.4, 0.5) is 0 Å². The average molecular weight is 300 g/mol. The smallest absolute Gasteiger partial charge is 0.243 e. The van der Waals surface area contributed by atoms with Gasteiger partial charge in [-0.3, -0.25) is 14.6 Å². The SMILES string of the molecule is CC1=NN(C(=O)CCc2ccncc2)CC1N1CCCC1=O. The minimum absolute atomic E-state index is 0.00491. The van der Waals surface area contributed by atoms with E-state index in [0.29, 0.717) is 25.8 Å². The Morgan fingerprint density at radius 3 is 2.82 bits per heavy atom. The van der Waals surface area contributed by atoms with Gasteiger partial charge in [0.25, 0.3) is 0 Å². The molecule has 2 aliphatic heterocycles. The van der Waals surface area contributed by atoms with E-state index in [0.717, 1.165) is 24.2 Å². The van der Waals surface area contributed by atoms with Crippen LogP contribution in [-0.2, 0) is 16.0 Å². The molecule has 0 saturated carbocycles. The number of amides is 2. The zero-order chi connectivity index (χ0) is 15.5. The molecule has 1 atom stereocenters. The number of rotatable bonds is 4. The van der Waals surface area contributed by atoms with Gasteiger partial charge in [0.15, 0.2) is 0 Å². The van der Waals surface area contributed by atoms with E-state index in [2.05, 4.69) is 10.1 Å². The lowest BCUT2D eigenvalue weighted by Gasteiger charge is -2.24. The number of likely N-dealkylation sites (tertiary alicyclic amines) is 1. The Bertz CT molecular complexity index is 599. The molecule has 1 aromatic rings. The number of carbonyl (C=O) groups is 2. The molecule has 0 bridgehead atoms. The summed E-state index contributed by atoms with van der Waals surface area (Å²) in [5, 5.41) is 5.88. The third-order valence-electron chi connectivity index (χ3n) is 4.26. The summed E-state index contributed by atoms with van der Waals surface area (Å²) >= 11 is 0. The summed E-state index contributed by atoms with van der Waals surface area (Å²) in [7, 11) is 0. The summed E-state index contributed by atoms with van der Waals surface area (Å²) in [5.74, 6) is 0.177. The Hall–Kier alpha value is -2.24. The van der Waals surface area contributed by atoms with Crippen molar-refractivity contribution in [3.63, 3.8) is 0 Å². The molecule has 2 aliphatic rings. The fourth-order valence-corrected chi connectivity index (χ4v) is 3.00. The Balaban J connectivity index is 1.57. The lowest BCUT2D eigenvalue weighted by atomic mass is 10.1. The second kappa shape index (κ2) is 6.25. The molecular weight excluding hydrogens is 280 g/mol. The Kier molecular flexibility index (Phi) is 4.18. The Morgan fingerprint density at radius 1 is 1.36 bits per heavy atom. The van der Waals surface area contributed by atoms with E-state index in [1.165, 1.54) is 5.01 Å². The van der Waals surface area contributed by atoms with E-state index in [-0.39, 0.29) is 17.9 Å². The first kappa shape index (κ1) is 14.7. The van der Waals surface area contributed by atoms with Gasteiger partial charge >= 0.3 is 0 Å². The highest BCUT2D eigenvalue weighted by Crippen LogP contribution is 2.20. The standard InChI is InChI=1S/C16H20N4O2/c1-12-14(19-10-2-3-15(19)21)11-20(18-12)16(22)5-4-13-6-8-17-9-7-13/h6-9,14H,2-5,10-11H2,1H3. The van der Waals surface area contributed by atoms with Gasteiger partial charge in [0.2, 0.25) is 11.8 Å². The fourth-order valence-electron chi connectivity index (χ4n) is 3.00. The van der Waals surface area contributed by atoms with Crippen molar-refractivity contribution in [2.45, 2.75) is 38.6 Å². The lowest BCUT2D eigenvalue weighted by Crippen LogP contribution is -2.43. The van der Waals surface area contributed by atoms with E-state index in [1.54, 1.807) is 12.4 Å². The Labute approximate surface area is 129 Å². The van der Waals surface area contributed by atoms with Crippen molar-refractivity contribution >= 4 is 17.5 Å². The molecular formula is C16H20N4O2. The average Bonchev–Trinajstić information content (AvgIpc) is 3.11. The van der Waals surface area contributed by atoms with Crippen molar-refractivity contribution in [2.24, 2.45) is 5.10 Å². The van der Waals surface area contributed by atoms with Crippen LogP contribution >= 0.6 is 0 Å². The molecule has 1 fully saturated rings. The highest BCUT2D eigenvalue weighted by atomic mass is 16.2. The van der Waals surface area contributed by atoms with Crippen molar-refractivity contribution in [2.75, 3.05) is 13.1 Å². The zero-order valence-corrected chi connectivity index (χ0v) is 12.7. The third-order valence-corrected chi connectivity index (χ3v) is 4.26. The number of nitrogens with zero attached hydrogens (tertiary/aromatic N) is 4. The molecule has 0 spiro atoms. The maximum absolute atomic E-state index is 12.3. The predicted octanol–water partition coefficient (Wildman–Crippen LogP) is 1.22. The molecule has 3 heterocycles. The van der Waals surface area contributed by atoms with Crippen LogP contribution in [0.15, 0.2) is 29.6 Å². The second-order valence-electron chi connectivity index (χ2n) is 5.78. The van der Waals surface area contributed by atoms with Crippen LogP contribution in [0.1, 0.15) is 31.7 Å². The maximum atomic E-state index is 12.3. The molecule has 0 radical (unpaired) electrons. The molecule has 6 nitrogen and oxygen atoms in total. The molecule has 0 N–H and O–H groups in total. The molecule has 1 aromatic heterocycles. The van der Waals surface area contributed by atoms with Gasteiger partial charge in [-0.05, 0) is 37.5 Å². The number of carbonyl (C=O) groups excluding carboxylic acids is 2. The second-order valence-corrected chi connectivity index (χ2v) is 5.78. The monoisotopic (exact) mass is 300 g/mol. The van der Waals surface area contributed by atoms with Gasteiger partial charge in [-0.15, -0.1) is 0 Å². The highest BCUT2D eigenvalue weighted by molar-refractivity contribution is 5.95. The Morgan fingerprint density at radius 2 is 2.14 bits per heavy atom. The van der Waals surface area contributed by atoms with Crippen LogP contribution in [0.2, 0.25) is 0 Å². The number of hydrogen-bond donors (Lipinski definition) is 0. The van der Waals surface area contributed by atoms with Gasteiger partial charge in [0.05, 0.1) is 18.3 Å². The molecule has 6 heteroatoms. The van der Waals surface area contributed by atoms with Crippen LogP contribution in [0, 0.1) is 0 Å². The highest BCUT2D eigenvalue weighted by Gasteiger charge is 2.36. The quantitative estimate of drug-likeness (QED) is 0.840. The van der Waals surface area contributed by atoms with Crippen LogP contribution in [0.25, 0.3) is 0 Å². The van der Waals surface area contributed by atoms with Crippen LogP contribution in [0.5, 0.6) is 0 Å². The summed E-state index contributed by atoms with van der Waals surface area (Å²) in [4.78, 5) is 30.0. The third kappa shape index (κ3) is 3.00. The summed E-state index contributed by atoms with van der Waals surface area (Å²) in [6, 6.07) is 3.79. The number of aryl methyl sites for hydroxylation is 1. The summed E-state index contributed by atoms with van der Waals surface area (Å²) in [5.41, 5.74) is 1.95. The first-order valence-electron chi connectivity index (χ1n) is 7.69. The minimum atomic E-state index is -0.0418. The number of pyridine rings is 1. The zero-order valence-electron chi connectivity index (χ0n) is 12.7. The molecule has 22 heavy (non-hydrogen) atoms. The van der Waals surface area contributed by atoms with Crippen molar-refractivity contribution in [1.82, 2.24) is 14.9 Å². The van der Waals surface area contributed by atoms with Crippen LogP contribution < -0.4 is 0 Å². The molecule has 0 aliphatic carbocycles. The maximum Gasteiger partial charge on any atom is 0.243 e. The topological polar surface area (TPSA) is 65.9 Å². The first-order chi connectivity index (χ1) is 10.6. The van der Waals surface area contributed by atoms with E-state index < -0.39 is 0 Å². The molecule has 0 aromatic carbocycles. The van der Waals surface area contributed by atoms with E-state index in [4.69, 9.17) is 0 Å². The van der Waals surface area contributed by atoms with Gasteiger partial charge in [-0.25, -0.2) is 5.01 Å². The van der Waals surface area contributed by atoms with Crippen LogP contribution in [-0.4, -0.2) is 51.6 Å². The van der Waals surface area contributed by atoms with Gasteiger partial charge in [0, 0.05) is 31.8 Å². The molecule has 2 amide bonds. The van der Waals surface area contributed by atoms with E-state index in [9.17, 15) is 9.59 Å². The number of aromatic nitrogens is 1. The van der Waals surface area contributed by atoms with E-state index >= 15 is 0 Å². The fraction of sp³-hybridized carbons (Fsp3) is 0.500. The van der Waals surface area contributed by atoms with Crippen molar-refractivity contribution in [3.8, 4) is 0 Å². The summed E-state index contributed by atoms with van der Waals surface area (Å²) in [6.07, 6.45) is 6.07. The first-order valence-corrected chi connectivity index (χ1v) is 7.69. The predicted molar refractivity (Wildman–Crippen MR) is 82.1 cm³/mol. The molecule has 116 valence electrons. The normalized spacial score (nSPS) is 21.4. The van der Waals surface area contributed by atoms with Crippen molar-refractivity contribution in [3.05, 3.63) is 30.1 Å². The molecule has 3 rings (SSSR count). The van der Waals surface area contributed by atoms with Crippen LogP contribution in [0.3, 0.4) is 0 Å². The van der Waals surface area contributed by atoms with Gasteiger partial charge in [0.1, 0.15) is 0 Å². The van der Waals surface area contributed by atoms with Gasteiger partial charge < -0.3 is 4.90 Å². The van der Waals surface area contributed by atoms with Gasteiger partial charge in [-0.2, -0.15) is 5.10 Å². The van der Waals surface area contributed by atoms with Gasteiger partial charge in [-0.1, -0.05) is 0 Å². The lowest BCUT2D eigenvalue weighted by molar-refractivity contribution is -0.133. The molecule has 1 unspecified atom stereocenters. The van der Waals surface area contributed by atoms with E-state index in [1.807, 2.05) is 24.0 Å². The van der Waals surface area contributed by atoms with Crippen molar-refractivity contribution in [1.29, 1.82) is 0 Å². The summed E-state index contributed by atoms with van der Waals surface area (Å²) < 4.78 is 0. The largest absolute Gasteiger partial charge is 0.332 e. The minimum Gasteiger partial charge on any atom is -0.332 e.